The molecule has 0 spiro atoms. The summed E-state index contributed by atoms with van der Waals surface area (Å²) in [6.07, 6.45) is 4.21. The van der Waals surface area contributed by atoms with Gasteiger partial charge in [0, 0.05) is 19.1 Å². The summed E-state index contributed by atoms with van der Waals surface area (Å²) in [7, 11) is -1.34. The standard InChI is InChI=1S/C16H26N2O2S/c1-14-7-4-3-5-10-18(14)21(19,20)13-16-9-6-8-15(11-16)12-17-2/h6,8-9,11,14,17H,3-5,7,10,12-13H2,1-2H3. The number of sulfonamides is 1. The van der Waals surface area contributed by atoms with Crippen LogP contribution in [-0.2, 0) is 22.3 Å². The summed E-state index contributed by atoms with van der Waals surface area (Å²) in [5, 5.41) is 3.09. The lowest BCUT2D eigenvalue weighted by Crippen LogP contribution is -2.38. The topological polar surface area (TPSA) is 49.4 Å². The molecule has 0 aliphatic carbocycles. The predicted octanol–water partition coefficient (Wildman–Crippen LogP) is 2.50. The second-order valence-electron chi connectivity index (χ2n) is 5.92. The van der Waals surface area contributed by atoms with E-state index in [1.54, 1.807) is 4.31 Å². The normalized spacial score (nSPS) is 21.1. The first kappa shape index (κ1) is 16.5. The summed E-state index contributed by atoms with van der Waals surface area (Å²) in [6, 6.07) is 7.96. The first-order valence-corrected chi connectivity index (χ1v) is 9.36. The van der Waals surface area contributed by atoms with Crippen LogP contribution in [0.1, 0.15) is 43.7 Å². The van der Waals surface area contributed by atoms with Crippen LogP contribution in [0, 0.1) is 0 Å². The van der Waals surface area contributed by atoms with Crippen molar-refractivity contribution in [3.63, 3.8) is 0 Å². The second kappa shape index (κ2) is 7.38. The van der Waals surface area contributed by atoms with Gasteiger partial charge in [0.25, 0.3) is 0 Å². The molecule has 1 fully saturated rings. The minimum Gasteiger partial charge on any atom is -0.316 e. The molecule has 1 N–H and O–H groups in total. The summed E-state index contributed by atoms with van der Waals surface area (Å²) in [5.41, 5.74) is 1.99. The Balaban J connectivity index is 2.14. The average molecular weight is 310 g/mol. The van der Waals surface area contributed by atoms with Crippen molar-refractivity contribution in [3.05, 3.63) is 35.4 Å². The molecule has 1 aromatic carbocycles. The average Bonchev–Trinajstić information content (AvgIpc) is 2.64. The maximum Gasteiger partial charge on any atom is 0.218 e. The number of nitrogens with zero attached hydrogens (tertiary/aromatic N) is 1. The lowest BCUT2D eigenvalue weighted by molar-refractivity contribution is 0.341. The van der Waals surface area contributed by atoms with Gasteiger partial charge in [0.15, 0.2) is 0 Å². The Kier molecular flexibility index (Phi) is 5.79. The van der Waals surface area contributed by atoms with Crippen molar-refractivity contribution >= 4 is 10.0 Å². The summed E-state index contributed by atoms with van der Waals surface area (Å²) < 4.78 is 27.1. The van der Waals surface area contributed by atoms with Gasteiger partial charge in [-0.05, 0) is 37.9 Å². The third-order valence-electron chi connectivity index (χ3n) is 4.07. The summed E-state index contributed by atoms with van der Waals surface area (Å²) >= 11 is 0. The highest BCUT2D eigenvalue weighted by Crippen LogP contribution is 2.22. The fraction of sp³-hybridized carbons (Fsp3) is 0.625. The molecule has 0 radical (unpaired) electrons. The van der Waals surface area contributed by atoms with E-state index in [4.69, 9.17) is 0 Å². The number of rotatable bonds is 5. The minimum absolute atomic E-state index is 0.106. The molecule has 1 saturated heterocycles. The van der Waals surface area contributed by atoms with Gasteiger partial charge in [-0.1, -0.05) is 37.1 Å². The SMILES string of the molecule is CNCc1cccc(CS(=O)(=O)N2CCCCCC2C)c1. The van der Waals surface area contributed by atoms with Gasteiger partial charge in [0.2, 0.25) is 10.0 Å². The van der Waals surface area contributed by atoms with Crippen LogP contribution in [0.15, 0.2) is 24.3 Å². The molecule has 118 valence electrons. The van der Waals surface area contributed by atoms with Gasteiger partial charge in [-0.25, -0.2) is 8.42 Å². The fourth-order valence-electron chi connectivity index (χ4n) is 2.99. The molecule has 0 aromatic heterocycles. The van der Waals surface area contributed by atoms with E-state index in [0.29, 0.717) is 6.54 Å². The van der Waals surface area contributed by atoms with Crippen LogP contribution in [0.4, 0.5) is 0 Å². The van der Waals surface area contributed by atoms with Gasteiger partial charge >= 0.3 is 0 Å². The van der Waals surface area contributed by atoms with Gasteiger partial charge in [0.05, 0.1) is 5.75 Å². The molecule has 0 bridgehead atoms. The molecule has 5 heteroatoms. The highest BCUT2D eigenvalue weighted by Gasteiger charge is 2.28. The Morgan fingerprint density at radius 3 is 2.76 bits per heavy atom. The van der Waals surface area contributed by atoms with Crippen molar-refractivity contribution < 1.29 is 8.42 Å². The molecule has 0 saturated carbocycles. The van der Waals surface area contributed by atoms with E-state index in [1.807, 2.05) is 38.2 Å². The maximum atomic E-state index is 12.7. The van der Waals surface area contributed by atoms with E-state index in [-0.39, 0.29) is 11.8 Å². The lowest BCUT2D eigenvalue weighted by Gasteiger charge is -2.26. The van der Waals surface area contributed by atoms with Crippen molar-refractivity contribution in [3.8, 4) is 0 Å². The smallest absolute Gasteiger partial charge is 0.218 e. The Morgan fingerprint density at radius 1 is 1.24 bits per heavy atom. The first-order valence-electron chi connectivity index (χ1n) is 7.75. The highest BCUT2D eigenvalue weighted by atomic mass is 32.2. The zero-order valence-electron chi connectivity index (χ0n) is 13.0. The summed E-state index contributed by atoms with van der Waals surface area (Å²) in [4.78, 5) is 0. The van der Waals surface area contributed by atoms with E-state index in [0.717, 1.165) is 43.4 Å². The lowest BCUT2D eigenvalue weighted by atomic mass is 10.1. The largest absolute Gasteiger partial charge is 0.316 e. The molecule has 1 aliphatic heterocycles. The zero-order chi connectivity index (χ0) is 15.3. The zero-order valence-corrected chi connectivity index (χ0v) is 13.8. The van der Waals surface area contributed by atoms with Crippen molar-refractivity contribution in [1.29, 1.82) is 0 Å². The van der Waals surface area contributed by atoms with Gasteiger partial charge in [-0.2, -0.15) is 4.31 Å². The molecule has 1 heterocycles. The van der Waals surface area contributed by atoms with E-state index in [9.17, 15) is 8.42 Å². The van der Waals surface area contributed by atoms with Crippen molar-refractivity contribution in [2.45, 2.75) is 50.9 Å². The minimum atomic E-state index is -3.23. The van der Waals surface area contributed by atoms with E-state index >= 15 is 0 Å². The van der Waals surface area contributed by atoms with Crippen molar-refractivity contribution in [2.24, 2.45) is 0 Å². The maximum absolute atomic E-state index is 12.7. The van der Waals surface area contributed by atoms with Crippen LogP contribution in [0.3, 0.4) is 0 Å². The third-order valence-corrected chi connectivity index (χ3v) is 6.03. The third kappa shape index (κ3) is 4.53. The number of hydrogen-bond donors (Lipinski definition) is 1. The van der Waals surface area contributed by atoms with Crippen molar-refractivity contribution in [2.75, 3.05) is 13.6 Å². The van der Waals surface area contributed by atoms with Crippen molar-refractivity contribution in [1.82, 2.24) is 9.62 Å². The first-order chi connectivity index (χ1) is 10.0. The van der Waals surface area contributed by atoms with E-state index in [2.05, 4.69) is 5.32 Å². The second-order valence-corrected chi connectivity index (χ2v) is 7.84. The molecule has 1 atom stereocenters. The molecule has 4 nitrogen and oxygen atoms in total. The summed E-state index contributed by atoms with van der Waals surface area (Å²) in [5.74, 6) is 0.106. The summed E-state index contributed by atoms with van der Waals surface area (Å²) in [6.45, 7) is 3.45. The van der Waals surface area contributed by atoms with Crippen LogP contribution in [0.5, 0.6) is 0 Å². The van der Waals surface area contributed by atoms with Gasteiger partial charge in [-0.3, -0.25) is 0 Å². The van der Waals surface area contributed by atoms with E-state index < -0.39 is 10.0 Å². The van der Waals surface area contributed by atoms with E-state index in [1.165, 1.54) is 0 Å². The Labute approximate surface area is 128 Å². The Morgan fingerprint density at radius 2 is 2.00 bits per heavy atom. The quantitative estimate of drug-likeness (QED) is 0.909. The molecular formula is C16H26N2O2S. The molecular weight excluding hydrogens is 284 g/mol. The molecule has 1 unspecified atom stereocenters. The highest BCUT2D eigenvalue weighted by molar-refractivity contribution is 7.88. The molecule has 1 aliphatic rings. The van der Waals surface area contributed by atoms with Gasteiger partial charge in [-0.15, -0.1) is 0 Å². The predicted molar refractivity (Wildman–Crippen MR) is 86.5 cm³/mol. The van der Waals surface area contributed by atoms with Gasteiger partial charge < -0.3 is 5.32 Å². The Bertz CT molecular complexity index is 557. The molecule has 1 aromatic rings. The number of nitrogens with one attached hydrogen (secondary N) is 1. The Hall–Kier alpha value is -0.910. The van der Waals surface area contributed by atoms with Crippen LogP contribution < -0.4 is 5.32 Å². The fourth-order valence-corrected chi connectivity index (χ4v) is 4.82. The van der Waals surface area contributed by atoms with Crippen LogP contribution in [-0.4, -0.2) is 32.4 Å². The molecule has 21 heavy (non-hydrogen) atoms. The molecule has 2 rings (SSSR count). The number of hydrogen-bond acceptors (Lipinski definition) is 3. The number of benzene rings is 1. The van der Waals surface area contributed by atoms with Crippen LogP contribution >= 0.6 is 0 Å². The van der Waals surface area contributed by atoms with Crippen LogP contribution in [0.2, 0.25) is 0 Å². The van der Waals surface area contributed by atoms with Gasteiger partial charge in [0.1, 0.15) is 0 Å². The molecule has 0 amide bonds. The monoisotopic (exact) mass is 310 g/mol. The van der Waals surface area contributed by atoms with Crippen LogP contribution in [0.25, 0.3) is 0 Å².